The molecule has 36 heavy (non-hydrogen) atoms. The number of hydrogen-bond acceptors (Lipinski definition) is 7. The molecule has 1 aliphatic rings. The van der Waals surface area contributed by atoms with Gasteiger partial charge in [-0.3, -0.25) is 4.79 Å². The lowest BCUT2D eigenvalue weighted by molar-refractivity contribution is -0.134. The number of nitrogens with zero attached hydrogens (tertiary/aromatic N) is 2. The van der Waals surface area contributed by atoms with Crippen molar-refractivity contribution in [2.24, 2.45) is 0 Å². The summed E-state index contributed by atoms with van der Waals surface area (Å²) in [4.78, 5) is 15.5. The van der Waals surface area contributed by atoms with Crippen LogP contribution < -0.4 is 18.9 Å². The third kappa shape index (κ3) is 4.54. The van der Waals surface area contributed by atoms with Gasteiger partial charge in [0.25, 0.3) is 0 Å². The molecular weight excluding hydrogens is 460 g/mol. The van der Waals surface area contributed by atoms with Crippen molar-refractivity contribution in [1.29, 1.82) is 0 Å². The smallest absolute Gasteiger partial charge is 0.229 e. The third-order valence-electron chi connectivity index (χ3n) is 6.56. The molecule has 3 aromatic carbocycles. The number of carbonyl (C=O) groups excluding carboxylic acids is 1. The Kier molecular flexibility index (Phi) is 6.66. The number of rotatable bonds is 8. The number of carbonyl (C=O) groups is 1. The molecule has 0 N–H and O–H groups in total. The first-order chi connectivity index (χ1) is 17.6. The van der Waals surface area contributed by atoms with Gasteiger partial charge in [-0.15, -0.1) is 0 Å². The molecule has 8 heteroatoms. The van der Waals surface area contributed by atoms with E-state index in [1.165, 1.54) is 0 Å². The molecule has 1 amide bonds. The average molecular weight is 489 g/mol. The van der Waals surface area contributed by atoms with Crippen molar-refractivity contribution in [2.75, 3.05) is 34.5 Å². The molecule has 186 valence electrons. The van der Waals surface area contributed by atoms with Crippen LogP contribution in [0.25, 0.3) is 11.0 Å². The van der Waals surface area contributed by atoms with E-state index in [1.54, 1.807) is 21.3 Å². The van der Waals surface area contributed by atoms with Crippen LogP contribution in [0.15, 0.2) is 65.2 Å². The van der Waals surface area contributed by atoms with Gasteiger partial charge in [0.1, 0.15) is 23.8 Å². The second-order valence-electron chi connectivity index (χ2n) is 8.55. The van der Waals surface area contributed by atoms with Gasteiger partial charge in [-0.1, -0.05) is 17.3 Å². The van der Waals surface area contributed by atoms with E-state index in [0.29, 0.717) is 41.5 Å². The summed E-state index contributed by atoms with van der Waals surface area (Å²) >= 11 is 0. The van der Waals surface area contributed by atoms with E-state index >= 15 is 0 Å². The van der Waals surface area contributed by atoms with Crippen LogP contribution >= 0.6 is 0 Å². The summed E-state index contributed by atoms with van der Waals surface area (Å²) in [5.41, 5.74) is 3.38. The fourth-order valence-electron chi connectivity index (χ4n) is 4.66. The maximum atomic E-state index is 13.6. The number of amides is 1. The highest BCUT2D eigenvalue weighted by atomic mass is 16.5. The summed E-state index contributed by atoms with van der Waals surface area (Å²) < 4.78 is 27.9. The van der Waals surface area contributed by atoms with E-state index in [2.05, 4.69) is 5.16 Å². The van der Waals surface area contributed by atoms with Gasteiger partial charge in [0.05, 0.1) is 33.8 Å². The summed E-state index contributed by atoms with van der Waals surface area (Å²) in [6.45, 7) is 0.827. The maximum Gasteiger partial charge on any atom is 0.229 e. The Morgan fingerprint density at radius 3 is 2.44 bits per heavy atom. The molecule has 5 rings (SSSR count). The molecule has 1 aromatic heterocycles. The first kappa shape index (κ1) is 23.5. The first-order valence-corrected chi connectivity index (χ1v) is 11.8. The van der Waals surface area contributed by atoms with Gasteiger partial charge in [0.2, 0.25) is 5.91 Å². The topological polar surface area (TPSA) is 83.3 Å². The number of hydrogen-bond donors (Lipinski definition) is 0. The zero-order valence-corrected chi connectivity index (χ0v) is 20.5. The second-order valence-corrected chi connectivity index (χ2v) is 8.55. The molecule has 0 saturated carbocycles. The summed E-state index contributed by atoms with van der Waals surface area (Å²) in [6, 6.07) is 18.6. The molecular formula is C28H28N2O6. The average Bonchev–Trinajstić information content (AvgIpc) is 3.33. The van der Waals surface area contributed by atoms with Crippen LogP contribution in [0.1, 0.15) is 22.9 Å². The van der Waals surface area contributed by atoms with Crippen molar-refractivity contribution in [1.82, 2.24) is 10.1 Å². The van der Waals surface area contributed by atoms with E-state index < -0.39 is 0 Å². The molecule has 0 fully saturated rings. The Balaban J connectivity index is 1.45. The van der Waals surface area contributed by atoms with Gasteiger partial charge >= 0.3 is 0 Å². The van der Waals surface area contributed by atoms with Crippen LogP contribution in [-0.4, -0.2) is 50.4 Å². The fourth-order valence-corrected chi connectivity index (χ4v) is 4.66. The van der Waals surface area contributed by atoms with E-state index in [0.717, 1.165) is 22.3 Å². The van der Waals surface area contributed by atoms with E-state index in [9.17, 15) is 4.79 Å². The van der Waals surface area contributed by atoms with Crippen molar-refractivity contribution >= 4 is 16.9 Å². The zero-order valence-electron chi connectivity index (χ0n) is 20.5. The Labute approximate surface area is 209 Å². The highest BCUT2D eigenvalue weighted by molar-refractivity contribution is 5.86. The summed E-state index contributed by atoms with van der Waals surface area (Å²) in [6.07, 6.45) is 0.832. The number of benzene rings is 3. The van der Waals surface area contributed by atoms with Crippen molar-refractivity contribution in [2.45, 2.75) is 18.9 Å². The Hall–Kier alpha value is -4.20. The Bertz CT molecular complexity index is 1360. The molecule has 0 spiro atoms. The van der Waals surface area contributed by atoms with Crippen LogP contribution in [0.3, 0.4) is 0 Å². The van der Waals surface area contributed by atoms with E-state index in [4.69, 9.17) is 23.5 Å². The number of methoxy groups -OCH3 is 3. The number of para-hydroxylation sites is 1. The molecule has 2 heterocycles. The van der Waals surface area contributed by atoms with Crippen LogP contribution in [-0.2, 0) is 17.6 Å². The van der Waals surface area contributed by atoms with Crippen LogP contribution in [0.2, 0.25) is 0 Å². The lowest BCUT2D eigenvalue weighted by Crippen LogP contribution is -2.43. The summed E-state index contributed by atoms with van der Waals surface area (Å²) in [7, 11) is 4.85. The predicted molar refractivity (Wildman–Crippen MR) is 134 cm³/mol. The normalized spacial score (nSPS) is 14.9. The van der Waals surface area contributed by atoms with Gasteiger partial charge in [0, 0.05) is 11.9 Å². The van der Waals surface area contributed by atoms with Gasteiger partial charge in [-0.25, -0.2) is 0 Å². The second kappa shape index (κ2) is 10.2. The van der Waals surface area contributed by atoms with Crippen molar-refractivity contribution < 1.29 is 28.3 Å². The molecule has 0 radical (unpaired) electrons. The monoisotopic (exact) mass is 488 g/mol. The van der Waals surface area contributed by atoms with Gasteiger partial charge in [-0.2, -0.15) is 0 Å². The Morgan fingerprint density at radius 1 is 0.972 bits per heavy atom. The molecule has 0 aliphatic carbocycles. The van der Waals surface area contributed by atoms with Crippen molar-refractivity contribution in [3.05, 3.63) is 77.5 Å². The highest BCUT2D eigenvalue weighted by Crippen LogP contribution is 2.39. The minimum Gasteiger partial charge on any atom is -0.497 e. The molecule has 1 atom stereocenters. The predicted octanol–water partition coefficient (Wildman–Crippen LogP) is 4.60. The molecule has 0 saturated heterocycles. The molecule has 8 nitrogen and oxygen atoms in total. The van der Waals surface area contributed by atoms with Gasteiger partial charge in [0.15, 0.2) is 17.1 Å². The number of aromatic nitrogens is 1. The lowest BCUT2D eigenvalue weighted by atomic mass is 9.91. The molecule has 1 unspecified atom stereocenters. The van der Waals surface area contributed by atoms with Gasteiger partial charge in [-0.05, 0) is 66.1 Å². The van der Waals surface area contributed by atoms with Crippen molar-refractivity contribution in [3.63, 3.8) is 0 Å². The van der Waals surface area contributed by atoms with E-state index in [1.807, 2.05) is 65.6 Å². The number of ether oxygens (including phenoxy) is 4. The highest BCUT2D eigenvalue weighted by Gasteiger charge is 2.33. The third-order valence-corrected chi connectivity index (χ3v) is 6.56. The van der Waals surface area contributed by atoms with Crippen LogP contribution in [0, 0.1) is 0 Å². The molecule has 0 bridgehead atoms. The summed E-state index contributed by atoms with van der Waals surface area (Å²) in [5, 5.41) is 5.01. The largest absolute Gasteiger partial charge is 0.497 e. The quantitative estimate of drug-likeness (QED) is 0.358. The number of fused-ring (bicyclic) bond motifs is 2. The summed E-state index contributed by atoms with van der Waals surface area (Å²) in [5.74, 6) is 2.68. The fraction of sp³-hybridized carbons (Fsp3) is 0.286. The molecule has 1 aliphatic heterocycles. The zero-order chi connectivity index (χ0) is 25.1. The first-order valence-electron chi connectivity index (χ1n) is 11.8. The van der Waals surface area contributed by atoms with Gasteiger partial charge < -0.3 is 28.4 Å². The Morgan fingerprint density at radius 2 is 1.69 bits per heavy atom. The maximum absolute atomic E-state index is 13.6. The van der Waals surface area contributed by atoms with Crippen LogP contribution in [0.4, 0.5) is 0 Å². The minimum absolute atomic E-state index is 0.0437. The van der Waals surface area contributed by atoms with Crippen molar-refractivity contribution in [3.8, 4) is 23.0 Å². The van der Waals surface area contributed by atoms with E-state index in [-0.39, 0.29) is 25.0 Å². The van der Waals surface area contributed by atoms with Crippen LogP contribution in [0.5, 0.6) is 23.0 Å². The molecule has 4 aromatic rings. The SMILES string of the molecule is COc1ccc(OCC2c3cc(OC)c(OC)cc3CCN2C(=O)Cc2noc3ccccc23)cc1. The lowest BCUT2D eigenvalue weighted by Gasteiger charge is -2.37. The minimum atomic E-state index is -0.318. The standard InChI is InChI=1S/C28H28N2O6/c1-32-19-8-10-20(11-9-19)35-17-24-22-15-27(34-3)26(33-2)14-18(22)12-13-30(24)28(31)16-23-21-6-4-5-7-25(21)36-29-23/h4-11,14-15,24H,12-13,16-17H2,1-3H3.